The molecule has 7 nitrogen and oxygen atoms in total. The van der Waals surface area contributed by atoms with Crippen LogP contribution in [0.1, 0.15) is 5.56 Å². The van der Waals surface area contributed by atoms with Crippen molar-refractivity contribution < 1.29 is 9.85 Å². The highest BCUT2D eigenvalue weighted by Crippen LogP contribution is 2.35. The lowest BCUT2D eigenvalue weighted by Crippen LogP contribution is -1.96. The van der Waals surface area contributed by atoms with Crippen LogP contribution >= 0.6 is 0 Å². The largest absolute Gasteiger partial charge is 0.384 e. The summed E-state index contributed by atoms with van der Waals surface area (Å²) in [6.07, 6.45) is 0.531. The number of nitro benzene ring substituents is 2. The van der Waals surface area contributed by atoms with Crippen LogP contribution in [0.15, 0.2) is 12.1 Å². The molecule has 1 aromatic carbocycles. The van der Waals surface area contributed by atoms with Gasteiger partial charge in [0.2, 0.25) is 0 Å². The summed E-state index contributed by atoms with van der Waals surface area (Å²) in [5.41, 5.74) is 0.612. The number of hydrogen-bond donors (Lipinski definition) is 1. The van der Waals surface area contributed by atoms with Crippen molar-refractivity contribution in [3.05, 3.63) is 37.9 Å². The molecule has 15 heavy (non-hydrogen) atoms. The Hall–Kier alpha value is -2.18. The van der Waals surface area contributed by atoms with E-state index in [4.69, 9.17) is 0 Å². The van der Waals surface area contributed by atoms with E-state index in [0.717, 1.165) is 6.07 Å². The summed E-state index contributed by atoms with van der Waals surface area (Å²) >= 11 is 0. The molecule has 2 rings (SSSR count). The smallest absolute Gasteiger partial charge is 0.281 e. The quantitative estimate of drug-likeness (QED) is 0.587. The third-order valence-corrected chi connectivity index (χ3v) is 2.31. The highest BCUT2D eigenvalue weighted by molar-refractivity contribution is 5.68. The second-order valence-electron chi connectivity index (χ2n) is 3.18. The molecular formula is C8H7N3O4. The molecule has 1 heterocycles. The third-order valence-electron chi connectivity index (χ3n) is 2.31. The summed E-state index contributed by atoms with van der Waals surface area (Å²) in [6.45, 7) is 0.581. The Morgan fingerprint density at radius 2 is 1.93 bits per heavy atom. The lowest BCUT2D eigenvalue weighted by atomic mass is 10.1. The van der Waals surface area contributed by atoms with Gasteiger partial charge in [-0.2, -0.15) is 0 Å². The Morgan fingerprint density at radius 3 is 2.53 bits per heavy atom. The van der Waals surface area contributed by atoms with E-state index in [0.29, 0.717) is 24.2 Å². The molecule has 7 heteroatoms. The molecule has 0 unspecified atom stereocenters. The molecule has 0 aliphatic carbocycles. The van der Waals surface area contributed by atoms with Crippen LogP contribution in [0, 0.1) is 20.2 Å². The van der Waals surface area contributed by atoms with Crippen LogP contribution in [0.2, 0.25) is 0 Å². The van der Waals surface area contributed by atoms with Crippen molar-refractivity contribution in [2.45, 2.75) is 6.42 Å². The molecule has 0 bridgehead atoms. The number of anilines is 1. The van der Waals surface area contributed by atoms with Gasteiger partial charge in [-0.15, -0.1) is 0 Å². The van der Waals surface area contributed by atoms with Crippen LogP contribution < -0.4 is 5.32 Å². The summed E-state index contributed by atoms with van der Waals surface area (Å²) in [6, 6.07) is 2.33. The first-order valence-corrected chi connectivity index (χ1v) is 4.29. The van der Waals surface area contributed by atoms with Crippen molar-refractivity contribution >= 4 is 17.1 Å². The summed E-state index contributed by atoms with van der Waals surface area (Å²) in [5, 5.41) is 24.1. The fourth-order valence-electron chi connectivity index (χ4n) is 1.65. The fraction of sp³-hybridized carbons (Fsp3) is 0.250. The number of fused-ring (bicyclic) bond motifs is 1. The minimum absolute atomic E-state index is 0.177. The third kappa shape index (κ3) is 1.47. The number of nitrogens with one attached hydrogen (secondary N) is 1. The van der Waals surface area contributed by atoms with Gasteiger partial charge in [-0.3, -0.25) is 20.2 Å². The SMILES string of the molecule is O=[N+]([O-])c1cc2c(c([N+](=O)[O-])c1)CCN2. The number of rotatable bonds is 2. The molecule has 0 fully saturated rings. The average molecular weight is 209 g/mol. The predicted molar refractivity (Wildman–Crippen MR) is 51.9 cm³/mol. The molecule has 0 atom stereocenters. The summed E-state index contributed by atoms with van der Waals surface area (Å²) in [4.78, 5) is 20.0. The molecule has 0 amide bonds. The van der Waals surface area contributed by atoms with Crippen LogP contribution in [0.5, 0.6) is 0 Å². The van der Waals surface area contributed by atoms with E-state index < -0.39 is 9.85 Å². The molecule has 78 valence electrons. The maximum absolute atomic E-state index is 10.7. The fourth-order valence-corrected chi connectivity index (χ4v) is 1.65. The second kappa shape index (κ2) is 3.19. The van der Waals surface area contributed by atoms with Crippen molar-refractivity contribution in [1.29, 1.82) is 0 Å². The molecule has 0 spiro atoms. The van der Waals surface area contributed by atoms with Crippen molar-refractivity contribution in [3.8, 4) is 0 Å². The van der Waals surface area contributed by atoms with Gasteiger partial charge in [0.25, 0.3) is 11.4 Å². The van der Waals surface area contributed by atoms with Crippen molar-refractivity contribution in [1.82, 2.24) is 0 Å². The summed E-state index contributed by atoms with van der Waals surface area (Å²) in [7, 11) is 0. The van der Waals surface area contributed by atoms with E-state index in [1.54, 1.807) is 0 Å². The van der Waals surface area contributed by atoms with E-state index in [1.807, 2.05) is 0 Å². The van der Waals surface area contributed by atoms with E-state index in [-0.39, 0.29) is 11.4 Å². The monoisotopic (exact) mass is 209 g/mol. The van der Waals surface area contributed by atoms with Gasteiger partial charge in [-0.1, -0.05) is 0 Å². The van der Waals surface area contributed by atoms with Gasteiger partial charge in [0.05, 0.1) is 27.2 Å². The highest BCUT2D eigenvalue weighted by atomic mass is 16.6. The van der Waals surface area contributed by atoms with Gasteiger partial charge in [0.1, 0.15) is 0 Å². The van der Waals surface area contributed by atoms with Crippen LogP contribution in [-0.4, -0.2) is 16.4 Å². The first kappa shape index (κ1) is 9.38. The molecule has 1 N–H and O–H groups in total. The molecule has 1 aromatic rings. The minimum atomic E-state index is -0.632. The Labute approximate surface area is 84.0 Å². The summed E-state index contributed by atoms with van der Waals surface area (Å²) < 4.78 is 0. The Balaban J connectivity index is 2.62. The van der Waals surface area contributed by atoms with Crippen LogP contribution in [-0.2, 0) is 6.42 Å². The Bertz CT molecular complexity index is 457. The molecule has 1 aliphatic heterocycles. The lowest BCUT2D eigenvalue weighted by molar-refractivity contribution is -0.394. The first-order chi connectivity index (χ1) is 7.09. The van der Waals surface area contributed by atoms with Crippen molar-refractivity contribution in [2.75, 3.05) is 11.9 Å². The zero-order valence-corrected chi connectivity index (χ0v) is 7.60. The summed E-state index contributed by atoms with van der Waals surface area (Å²) in [5.74, 6) is 0. The minimum Gasteiger partial charge on any atom is -0.384 e. The first-order valence-electron chi connectivity index (χ1n) is 4.29. The van der Waals surface area contributed by atoms with Crippen LogP contribution in [0.25, 0.3) is 0 Å². The number of benzene rings is 1. The zero-order valence-electron chi connectivity index (χ0n) is 7.60. The topological polar surface area (TPSA) is 98.3 Å². The Kier molecular flexibility index (Phi) is 2.00. The van der Waals surface area contributed by atoms with Gasteiger partial charge in [0.15, 0.2) is 0 Å². The molecular weight excluding hydrogens is 202 g/mol. The lowest BCUT2D eigenvalue weighted by Gasteiger charge is -2.00. The van der Waals surface area contributed by atoms with Gasteiger partial charge in [-0.05, 0) is 6.42 Å². The van der Waals surface area contributed by atoms with Gasteiger partial charge >= 0.3 is 0 Å². The van der Waals surface area contributed by atoms with E-state index in [2.05, 4.69) is 5.32 Å². The number of hydrogen-bond acceptors (Lipinski definition) is 5. The Morgan fingerprint density at radius 1 is 1.20 bits per heavy atom. The average Bonchev–Trinajstić information content (AvgIpc) is 2.62. The molecule has 0 saturated heterocycles. The normalized spacial score (nSPS) is 13.1. The zero-order chi connectivity index (χ0) is 11.0. The second-order valence-corrected chi connectivity index (χ2v) is 3.18. The van der Waals surface area contributed by atoms with E-state index >= 15 is 0 Å². The highest BCUT2D eigenvalue weighted by Gasteiger charge is 2.26. The molecule has 0 aromatic heterocycles. The number of non-ortho nitro benzene ring substituents is 1. The van der Waals surface area contributed by atoms with Gasteiger partial charge in [-0.25, -0.2) is 0 Å². The van der Waals surface area contributed by atoms with E-state index in [1.165, 1.54) is 6.07 Å². The van der Waals surface area contributed by atoms with Crippen LogP contribution in [0.3, 0.4) is 0 Å². The standard InChI is InChI=1S/C8H7N3O4/c12-10(13)5-3-7-6(1-2-9-7)8(4-5)11(14)15/h3-4,9H,1-2H2. The van der Waals surface area contributed by atoms with Gasteiger partial charge < -0.3 is 5.32 Å². The van der Waals surface area contributed by atoms with Gasteiger partial charge in [0, 0.05) is 12.6 Å². The molecule has 0 radical (unpaired) electrons. The van der Waals surface area contributed by atoms with E-state index in [9.17, 15) is 20.2 Å². The molecule has 0 saturated carbocycles. The number of nitro groups is 2. The predicted octanol–water partition coefficient (Wildman–Crippen LogP) is 1.47. The maximum Gasteiger partial charge on any atom is 0.281 e. The molecule has 1 aliphatic rings. The number of nitrogens with zero attached hydrogens (tertiary/aromatic N) is 2. The van der Waals surface area contributed by atoms with Crippen LogP contribution in [0.4, 0.5) is 17.1 Å². The maximum atomic E-state index is 10.7. The van der Waals surface area contributed by atoms with Crippen molar-refractivity contribution in [2.24, 2.45) is 0 Å². The van der Waals surface area contributed by atoms with Crippen molar-refractivity contribution in [3.63, 3.8) is 0 Å².